The smallest absolute Gasteiger partial charge is 0.232 e. The molecule has 0 unspecified atom stereocenters. The summed E-state index contributed by atoms with van der Waals surface area (Å²) in [7, 11) is 0. The van der Waals surface area contributed by atoms with Gasteiger partial charge in [0.25, 0.3) is 0 Å². The molecular weight excluding hydrogens is 424 g/mol. The summed E-state index contributed by atoms with van der Waals surface area (Å²) in [5.41, 5.74) is 5.49. The molecule has 2 aliphatic rings. The Bertz CT molecular complexity index is 1310. The van der Waals surface area contributed by atoms with Gasteiger partial charge >= 0.3 is 0 Å². The number of carbonyl (C=O) groups is 2. The summed E-state index contributed by atoms with van der Waals surface area (Å²) >= 11 is 0. The van der Waals surface area contributed by atoms with Gasteiger partial charge in [-0.2, -0.15) is 5.26 Å². The Kier molecular flexibility index (Phi) is 5.41. The number of carbonyl (C=O) groups excluding carboxylic acids is 2. The number of benzene rings is 2. The summed E-state index contributed by atoms with van der Waals surface area (Å²) in [5.74, 6) is -0.502. The zero-order valence-electron chi connectivity index (χ0n) is 19.4. The number of anilines is 2. The molecule has 34 heavy (non-hydrogen) atoms. The fourth-order valence-electron chi connectivity index (χ4n) is 5.06. The predicted molar refractivity (Wildman–Crippen MR) is 130 cm³/mol. The van der Waals surface area contributed by atoms with Crippen molar-refractivity contribution in [3.8, 4) is 6.07 Å². The lowest BCUT2D eigenvalue weighted by molar-refractivity contribution is -0.124. The maximum atomic E-state index is 13.6. The molecule has 1 fully saturated rings. The van der Waals surface area contributed by atoms with Crippen LogP contribution in [0.15, 0.2) is 67.0 Å². The number of hydrogen-bond acceptors (Lipinski definition) is 4. The van der Waals surface area contributed by atoms with Crippen molar-refractivity contribution in [2.75, 3.05) is 22.9 Å². The largest absolute Gasteiger partial charge is 0.312 e. The van der Waals surface area contributed by atoms with E-state index >= 15 is 0 Å². The molecule has 0 bridgehead atoms. The van der Waals surface area contributed by atoms with Crippen LogP contribution in [0, 0.1) is 17.2 Å². The van der Waals surface area contributed by atoms with E-state index in [-0.39, 0.29) is 23.7 Å². The van der Waals surface area contributed by atoms with Crippen LogP contribution >= 0.6 is 0 Å². The van der Waals surface area contributed by atoms with Gasteiger partial charge < -0.3 is 9.80 Å². The lowest BCUT2D eigenvalue weighted by atomic mass is 9.85. The van der Waals surface area contributed by atoms with E-state index in [0.717, 1.165) is 17.7 Å². The molecule has 1 atom stereocenters. The van der Waals surface area contributed by atoms with Crippen LogP contribution in [0.2, 0.25) is 0 Å². The molecule has 5 rings (SSSR count). The van der Waals surface area contributed by atoms with Gasteiger partial charge in [-0.3, -0.25) is 14.6 Å². The highest BCUT2D eigenvalue weighted by Crippen LogP contribution is 2.42. The lowest BCUT2D eigenvalue weighted by Gasteiger charge is -2.23. The zero-order chi connectivity index (χ0) is 23.9. The standard InChI is InChI=1S/C28H26N4O2/c1-28(2)18-32(25-7-6-20(14-24(25)28)12-19-8-10-30-11-9-19)27(34)22-15-26(33)31(17-22)23-5-3-4-21(13-23)16-29/h3-11,13-14,22H,12,15,17-18H2,1-2H3/t22-/m0/s1. The fraction of sp³-hybridized carbons (Fsp3) is 0.286. The summed E-state index contributed by atoms with van der Waals surface area (Å²) in [6, 6.07) is 19.5. The van der Waals surface area contributed by atoms with Crippen LogP contribution in [0.1, 0.15) is 42.5 Å². The quantitative estimate of drug-likeness (QED) is 0.596. The topological polar surface area (TPSA) is 77.3 Å². The first kappa shape index (κ1) is 21.8. The van der Waals surface area contributed by atoms with Crippen LogP contribution in [-0.2, 0) is 21.4 Å². The van der Waals surface area contributed by atoms with Gasteiger partial charge in [-0.25, -0.2) is 0 Å². The molecule has 2 aromatic carbocycles. The Morgan fingerprint density at radius 2 is 1.91 bits per heavy atom. The average molecular weight is 451 g/mol. The fourth-order valence-corrected chi connectivity index (χ4v) is 5.06. The monoisotopic (exact) mass is 450 g/mol. The maximum Gasteiger partial charge on any atom is 0.232 e. The van der Waals surface area contributed by atoms with Crippen LogP contribution < -0.4 is 9.80 Å². The zero-order valence-corrected chi connectivity index (χ0v) is 19.4. The Morgan fingerprint density at radius 1 is 1.12 bits per heavy atom. The summed E-state index contributed by atoms with van der Waals surface area (Å²) in [4.78, 5) is 33.9. The van der Waals surface area contributed by atoms with E-state index < -0.39 is 5.92 Å². The molecule has 2 aliphatic heterocycles. The molecule has 1 aromatic heterocycles. The second-order valence-corrected chi connectivity index (χ2v) is 9.76. The SMILES string of the molecule is CC1(C)CN(C(=O)[C@H]2CC(=O)N(c3cccc(C#N)c3)C2)c2ccc(Cc3ccncc3)cc21. The normalized spacial score (nSPS) is 18.6. The summed E-state index contributed by atoms with van der Waals surface area (Å²) in [6.45, 7) is 5.25. The van der Waals surface area contributed by atoms with E-state index in [9.17, 15) is 14.9 Å². The van der Waals surface area contributed by atoms with Crippen LogP contribution in [0.3, 0.4) is 0 Å². The number of nitriles is 1. The number of fused-ring (bicyclic) bond motifs is 1. The van der Waals surface area contributed by atoms with Crippen molar-refractivity contribution < 1.29 is 9.59 Å². The van der Waals surface area contributed by atoms with Gasteiger partial charge in [0.2, 0.25) is 11.8 Å². The minimum Gasteiger partial charge on any atom is -0.312 e. The minimum absolute atomic E-state index is 0.0130. The molecule has 3 heterocycles. The Hall–Kier alpha value is -3.98. The molecule has 0 saturated carbocycles. The number of amides is 2. The van der Waals surface area contributed by atoms with Gasteiger partial charge in [0.15, 0.2) is 0 Å². The molecule has 6 heteroatoms. The summed E-state index contributed by atoms with van der Waals surface area (Å²) in [5, 5.41) is 9.18. The Balaban J connectivity index is 1.37. The van der Waals surface area contributed by atoms with Crippen LogP contribution in [0.5, 0.6) is 0 Å². The third-order valence-electron chi connectivity index (χ3n) is 6.82. The van der Waals surface area contributed by atoms with E-state index in [4.69, 9.17) is 0 Å². The number of pyridine rings is 1. The van der Waals surface area contributed by atoms with Crippen molar-refractivity contribution >= 4 is 23.2 Å². The molecule has 0 spiro atoms. The second kappa shape index (κ2) is 8.42. The van der Waals surface area contributed by atoms with Gasteiger partial charge in [0.05, 0.1) is 17.6 Å². The molecule has 3 aromatic rings. The molecule has 2 amide bonds. The first-order valence-corrected chi connectivity index (χ1v) is 11.5. The number of rotatable bonds is 4. The molecule has 0 N–H and O–H groups in total. The number of aromatic nitrogens is 1. The van der Waals surface area contributed by atoms with E-state index in [1.807, 2.05) is 29.2 Å². The van der Waals surface area contributed by atoms with Crippen molar-refractivity contribution in [1.29, 1.82) is 5.26 Å². The van der Waals surface area contributed by atoms with Crippen LogP contribution in [-0.4, -0.2) is 29.9 Å². The highest BCUT2D eigenvalue weighted by molar-refractivity contribution is 6.05. The van der Waals surface area contributed by atoms with Crippen LogP contribution in [0.4, 0.5) is 11.4 Å². The third-order valence-corrected chi connectivity index (χ3v) is 6.82. The van der Waals surface area contributed by atoms with Gasteiger partial charge in [0, 0.05) is 48.7 Å². The van der Waals surface area contributed by atoms with E-state index in [2.05, 4.69) is 37.0 Å². The van der Waals surface area contributed by atoms with Gasteiger partial charge in [-0.1, -0.05) is 32.0 Å². The molecule has 170 valence electrons. The van der Waals surface area contributed by atoms with E-state index in [1.54, 1.807) is 35.5 Å². The van der Waals surface area contributed by atoms with Crippen molar-refractivity contribution in [2.24, 2.45) is 5.92 Å². The van der Waals surface area contributed by atoms with Gasteiger partial charge in [-0.05, 0) is 59.5 Å². The van der Waals surface area contributed by atoms with Gasteiger partial charge in [-0.15, -0.1) is 0 Å². The third kappa shape index (κ3) is 3.94. The minimum atomic E-state index is -0.406. The molecule has 0 radical (unpaired) electrons. The van der Waals surface area contributed by atoms with Crippen molar-refractivity contribution in [2.45, 2.75) is 32.1 Å². The number of nitrogens with zero attached hydrogens (tertiary/aromatic N) is 4. The van der Waals surface area contributed by atoms with Crippen molar-refractivity contribution in [3.05, 3.63) is 89.2 Å². The van der Waals surface area contributed by atoms with Crippen molar-refractivity contribution in [1.82, 2.24) is 4.98 Å². The van der Waals surface area contributed by atoms with Crippen molar-refractivity contribution in [3.63, 3.8) is 0 Å². The highest BCUT2D eigenvalue weighted by Gasteiger charge is 2.43. The number of hydrogen-bond donors (Lipinski definition) is 0. The van der Waals surface area contributed by atoms with E-state index in [0.29, 0.717) is 24.3 Å². The summed E-state index contributed by atoms with van der Waals surface area (Å²) in [6.07, 6.45) is 4.60. The molecule has 1 saturated heterocycles. The molecular formula is C28H26N4O2. The van der Waals surface area contributed by atoms with Crippen LogP contribution in [0.25, 0.3) is 0 Å². The second-order valence-electron chi connectivity index (χ2n) is 9.76. The Labute approximate surface area is 199 Å². The first-order chi connectivity index (χ1) is 16.4. The summed E-state index contributed by atoms with van der Waals surface area (Å²) < 4.78 is 0. The first-order valence-electron chi connectivity index (χ1n) is 11.5. The molecule has 0 aliphatic carbocycles. The van der Waals surface area contributed by atoms with Gasteiger partial charge in [0.1, 0.15) is 0 Å². The van der Waals surface area contributed by atoms with E-state index in [1.165, 1.54) is 11.1 Å². The highest BCUT2D eigenvalue weighted by atomic mass is 16.2. The maximum absolute atomic E-state index is 13.6. The molecule has 6 nitrogen and oxygen atoms in total. The lowest BCUT2D eigenvalue weighted by Crippen LogP contribution is -2.39. The predicted octanol–water partition coefficient (Wildman–Crippen LogP) is 4.22. The Morgan fingerprint density at radius 3 is 2.68 bits per heavy atom. The average Bonchev–Trinajstić information content (AvgIpc) is 3.36.